The van der Waals surface area contributed by atoms with Gasteiger partial charge in [-0.05, 0) is 26.8 Å². The summed E-state index contributed by atoms with van der Waals surface area (Å²) in [6.45, 7) is 8.29. The number of aliphatic hydroxyl groups excluding tert-OH is 1. The van der Waals surface area contributed by atoms with E-state index in [9.17, 15) is 19.5 Å². The summed E-state index contributed by atoms with van der Waals surface area (Å²) in [6, 6.07) is 0. The van der Waals surface area contributed by atoms with Gasteiger partial charge in [-0.25, -0.2) is 9.59 Å². The first-order valence-corrected chi connectivity index (χ1v) is 8.71. The minimum absolute atomic E-state index is 0.0878. The van der Waals surface area contributed by atoms with Gasteiger partial charge in [0.2, 0.25) is 5.78 Å². The molecule has 27 heavy (non-hydrogen) atoms. The van der Waals surface area contributed by atoms with Gasteiger partial charge in [-0.15, -0.1) is 0 Å². The molecule has 7 heteroatoms. The fourth-order valence-electron chi connectivity index (χ4n) is 3.46. The Hall–Kier alpha value is -2.67. The first-order chi connectivity index (χ1) is 12.7. The van der Waals surface area contributed by atoms with Crippen molar-refractivity contribution in [1.82, 2.24) is 0 Å². The summed E-state index contributed by atoms with van der Waals surface area (Å²) >= 11 is 0. The molecule has 3 aliphatic heterocycles. The van der Waals surface area contributed by atoms with Crippen LogP contribution >= 0.6 is 0 Å². The zero-order valence-corrected chi connectivity index (χ0v) is 15.5. The smallest absolute Gasteiger partial charge is 0.334 e. The van der Waals surface area contributed by atoms with E-state index in [-0.39, 0.29) is 23.5 Å². The van der Waals surface area contributed by atoms with Crippen LogP contribution in [0.5, 0.6) is 0 Å². The molecule has 144 valence electrons. The molecule has 3 heterocycles. The molecule has 0 saturated carbocycles. The van der Waals surface area contributed by atoms with E-state index in [1.807, 2.05) is 0 Å². The predicted molar refractivity (Wildman–Crippen MR) is 94.2 cm³/mol. The number of aliphatic hydroxyl groups is 1. The maximum Gasteiger partial charge on any atom is 0.334 e. The third kappa shape index (κ3) is 3.23. The number of carbonyl (C=O) groups is 3. The molecule has 0 aliphatic carbocycles. The van der Waals surface area contributed by atoms with E-state index in [4.69, 9.17) is 14.2 Å². The SMILES string of the molecule is C=C1C(=O)O[C@H]2C[C@@]3(C)OC(=CC3=O)/C(CO)=C\[C@H](OC(=O)/C(C)=C\C)[C@H]12. The van der Waals surface area contributed by atoms with Crippen LogP contribution in [0.2, 0.25) is 0 Å². The number of hydrogen-bond donors (Lipinski definition) is 1. The highest BCUT2D eigenvalue weighted by molar-refractivity contribution is 6.00. The van der Waals surface area contributed by atoms with E-state index in [0.717, 1.165) is 0 Å². The van der Waals surface area contributed by atoms with Gasteiger partial charge >= 0.3 is 11.9 Å². The lowest BCUT2D eigenvalue weighted by Gasteiger charge is -2.29. The molecular formula is C20H22O7. The Kier molecular flexibility index (Phi) is 4.82. The molecule has 0 radical (unpaired) electrons. The first kappa shape index (κ1) is 19.1. The molecule has 0 amide bonds. The number of ketones is 1. The van der Waals surface area contributed by atoms with Gasteiger partial charge in [-0.3, -0.25) is 4.79 Å². The number of rotatable bonds is 3. The third-order valence-electron chi connectivity index (χ3n) is 5.24. The fraction of sp³-hybridized carbons (Fsp3) is 0.450. The average Bonchev–Trinajstić information content (AvgIpc) is 3.07. The van der Waals surface area contributed by atoms with E-state index in [1.165, 1.54) is 12.2 Å². The summed E-state index contributed by atoms with van der Waals surface area (Å²) in [4.78, 5) is 36.9. The second-order valence-corrected chi connectivity index (χ2v) is 7.10. The summed E-state index contributed by atoms with van der Waals surface area (Å²) in [6.07, 6.45) is 2.87. The predicted octanol–water partition coefficient (Wildman–Crippen LogP) is 1.53. The number of fused-ring (bicyclic) bond motifs is 3. The van der Waals surface area contributed by atoms with Crippen molar-refractivity contribution in [3.05, 3.63) is 47.3 Å². The van der Waals surface area contributed by atoms with Crippen molar-refractivity contribution in [2.45, 2.75) is 45.0 Å². The highest BCUT2D eigenvalue weighted by Crippen LogP contribution is 2.42. The Morgan fingerprint density at radius 3 is 2.81 bits per heavy atom. The lowest BCUT2D eigenvalue weighted by molar-refractivity contribution is -0.148. The Morgan fingerprint density at radius 1 is 1.48 bits per heavy atom. The fourth-order valence-corrected chi connectivity index (χ4v) is 3.46. The van der Waals surface area contributed by atoms with E-state index >= 15 is 0 Å². The molecule has 0 aromatic rings. The summed E-state index contributed by atoms with van der Waals surface area (Å²) in [5.41, 5.74) is -0.362. The van der Waals surface area contributed by atoms with E-state index in [0.29, 0.717) is 11.1 Å². The van der Waals surface area contributed by atoms with Gasteiger partial charge in [0.25, 0.3) is 0 Å². The third-order valence-corrected chi connectivity index (χ3v) is 5.24. The lowest BCUT2D eigenvalue weighted by atomic mass is 9.83. The van der Waals surface area contributed by atoms with Crippen LogP contribution in [-0.4, -0.2) is 47.2 Å². The first-order valence-electron chi connectivity index (χ1n) is 8.71. The molecular weight excluding hydrogens is 352 g/mol. The Bertz CT molecular complexity index is 816. The number of esters is 2. The molecule has 3 aliphatic rings. The van der Waals surface area contributed by atoms with E-state index in [2.05, 4.69) is 6.58 Å². The Morgan fingerprint density at radius 2 is 2.19 bits per heavy atom. The number of allylic oxidation sites excluding steroid dienone is 1. The van der Waals surface area contributed by atoms with E-state index < -0.39 is 42.3 Å². The van der Waals surface area contributed by atoms with Crippen molar-refractivity contribution in [3.63, 3.8) is 0 Å². The van der Waals surface area contributed by atoms with Gasteiger partial charge in [-0.2, -0.15) is 0 Å². The van der Waals surface area contributed by atoms with Crippen molar-refractivity contribution in [2.24, 2.45) is 5.92 Å². The topological polar surface area (TPSA) is 99.1 Å². The molecule has 2 bridgehead atoms. The second-order valence-electron chi connectivity index (χ2n) is 7.10. The van der Waals surface area contributed by atoms with Crippen molar-refractivity contribution >= 4 is 17.7 Å². The Labute approximate surface area is 157 Å². The van der Waals surface area contributed by atoms with Crippen LogP contribution in [0, 0.1) is 5.92 Å². The summed E-state index contributed by atoms with van der Waals surface area (Å²) in [5.74, 6) is -1.88. The van der Waals surface area contributed by atoms with Gasteiger partial charge in [0.1, 0.15) is 18.0 Å². The normalized spacial score (nSPS) is 35.0. The van der Waals surface area contributed by atoms with Crippen LogP contribution in [-0.2, 0) is 28.6 Å². The summed E-state index contributed by atoms with van der Waals surface area (Å²) in [7, 11) is 0. The van der Waals surface area contributed by atoms with Gasteiger partial charge in [0, 0.05) is 29.2 Å². The van der Waals surface area contributed by atoms with E-state index in [1.54, 1.807) is 26.8 Å². The maximum absolute atomic E-state index is 12.4. The zero-order chi connectivity index (χ0) is 19.9. The monoisotopic (exact) mass is 374 g/mol. The molecule has 3 rings (SSSR count). The molecule has 1 N–H and O–H groups in total. The second kappa shape index (κ2) is 6.81. The quantitative estimate of drug-likeness (QED) is 0.591. The van der Waals surface area contributed by atoms with Crippen LogP contribution in [0.1, 0.15) is 27.2 Å². The molecule has 7 nitrogen and oxygen atoms in total. The lowest BCUT2D eigenvalue weighted by Crippen LogP contribution is -2.41. The minimum atomic E-state index is -1.23. The number of carbonyl (C=O) groups excluding carboxylic acids is 3. The van der Waals surface area contributed by atoms with Gasteiger partial charge in [0.15, 0.2) is 5.60 Å². The average molecular weight is 374 g/mol. The van der Waals surface area contributed by atoms with Crippen molar-refractivity contribution in [1.29, 1.82) is 0 Å². The molecule has 1 saturated heterocycles. The molecule has 0 aromatic carbocycles. The largest absolute Gasteiger partial charge is 0.479 e. The molecule has 1 fully saturated rings. The number of ether oxygens (including phenoxy) is 3. The maximum atomic E-state index is 12.4. The molecule has 4 atom stereocenters. The van der Waals surface area contributed by atoms with Crippen LogP contribution in [0.4, 0.5) is 0 Å². The van der Waals surface area contributed by atoms with Crippen molar-refractivity contribution in [3.8, 4) is 0 Å². The van der Waals surface area contributed by atoms with Gasteiger partial charge in [0.05, 0.1) is 12.5 Å². The van der Waals surface area contributed by atoms with Crippen LogP contribution in [0.25, 0.3) is 0 Å². The Balaban J connectivity index is 2.09. The standard InChI is InChI=1S/C20H22O7/c1-5-10(2)18(23)25-14-6-12(9-21)13-7-16(22)20(4,27-13)8-15-17(14)11(3)19(24)26-15/h5-7,14-15,17,21H,3,8-9H2,1-2,4H3/b10-5-,12-6-/t14-,15-,17-,20+/m0/s1. The van der Waals surface area contributed by atoms with Gasteiger partial charge in [-0.1, -0.05) is 12.7 Å². The van der Waals surface area contributed by atoms with Crippen LogP contribution < -0.4 is 0 Å². The van der Waals surface area contributed by atoms with Crippen LogP contribution in [0.15, 0.2) is 47.3 Å². The summed E-state index contributed by atoms with van der Waals surface area (Å²) < 4.78 is 16.8. The zero-order valence-electron chi connectivity index (χ0n) is 15.5. The highest BCUT2D eigenvalue weighted by atomic mass is 16.6. The minimum Gasteiger partial charge on any atom is -0.479 e. The van der Waals surface area contributed by atoms with Gasteiger partial charge < -0.3 is 19.3 Å². The summed E-state index contributed by atoms with van der Waals surface area (Å²) in [5, 5.41) is 9.78. The molecule has 0 unspecified atom stereocenters. The molecule has 0 aromatic heterocycles. The van der Waals surface area contributed by atoms with Crippen molar-refractivity contribution < 1.29 is 33.7 Å². The van der Waals surface area contributed by atoms with Crippen molar-refractivity contribution in [2.75, 3.05) is 6.61 Å². The van der Waals surface area contributed by atoms with Crippen LogP contribution in [0.3, 0.4) is 0 Å². The highest BCUT2D eigenvalue weighted by Gasteiger charge is 2.52. The number of hydrogen-bond acceptors (Lipinski definition) is 7. The molecule has 0 spiro atoms.